The van der Waals surface area contributed by atoms with Crippen molar-refractivity contribution in [3.8, 4) is 0 Å². The summed E-state index contributed by atoms with van der Waals surface area (Å²) in [5.74, 6) is 0. The fourth-order valence-corrected chi connectivity index (χ4v) is 2.23. The van der Waals surface area contributed by atoms with Crippen molar-refractivity contribution in [2.75, 3.05) is 20.3 Å². The van der Waals surface area contributed by atoms with Gasteiger partial charge in [0.1, 0.15) is 0 Å². The van der Waals surface area contributed by atoms with Crippen LogP contribution >= 0.6 is 0 Å². The van der Waals surface area contributed by atoms with E-state index in [0.717, 1.165) is 25.2 Å². The average molecular weight is 261 g/mol. The number of nitrogens with zero attached hydrogens (tertiary/aromatic N) is 2. The lowest BCUT2D eigenvalue weighted by atomic mass is 10.1. The van der Waals surface area contributed by atoms with Crippen molar-refractivity contribution in [2.24, 2.45) is 0 Å². The second kappa shape index (κ2) is 6.17. The number of nitrogens with one attached hydrogen (secondary N) is 1. The fourth-order valence-electron chi connectivity index (χ4n) is 2.23. The summed E-state index contributed by atoms with van der Waals surface area (Å²) in [4.78, 5) is 4.47. The predicted molar refractivity (Wildman–Crippen MR) is 78.5 cm³/mol. The molecule has 4 heteroatoms. The van der Waals surface area contributed by atoms with E-state index in [1.807, 2.05) is 6.33 Å². The smallest absolute Gasteiger partial charge is 0.0958 e. The maximum absolute atomic E-state index is 5.11. The number of benzene rings is 1. The van der Waals surface area contributed by atoms with Gasteiger partial charge in [0.15, 0.2) is 0 Å². The monoisotopic (exact) mass is 261 g/mol. The van der Waals surface area contributed by atoms with E-state index in [9.17, 15) is 0 Å². The number of hydrogen-bond donors (Lipinski definition) is 1. The highest BCUT2D eigenvalue weighted by Crippen LogP contribution is 2.18. The van der Waals surface area contributed by atoms with Crippen molar-refractivity contribution in [1.82, 2.24) is 14.9 Å². The Morgan fingerprint density at radius 3 is 2.79 bits per heavy atom. The Morgan fingerprint density at radius 1 is 1.32 bits per heavy atom. The minimum atomic E-state index is 0.378. The van der Waals surface area contributed by atoms with Gasteiger partial charge in [-0.15, -0.1) is 0 Å². The molecule has 0 amide bonds. The highest BCUT2D eigenvalue weighted by atomic mass is 16.5. The zero-order valence-corrected chi connectivity index (χ0v) is 12.2. The number of ether oxygens (including phenoxy) is 1. The molecule has 2 aromatic rings. The Kier molecular flexibility index (Phi) is 4.56. The van der Waals surface area contributed by atoms with E-state index < -0.39 is 0 Å². The first-order valence-electron chi connectivity index (χ1n) is 6.76. The van der Waals surface area contributed by atoms with Gasteiger partial charge in [0.2, 0.25) is 0 Å². The van der Waals surface area contributed by atoms with Gasteiger partial charge < -0.3 is 14.6 Å². The van der Waals surface area contributed by atoms with E-state index >= 15 is 0 Å². The van der Waals surface area contributed by atoms with Crippen molar-refractivity contribution in [2.45, 2.75) is 33.4 Å². The molecule has 0 spiro atoms. The number of methoxy groups -OCH3 is 1. The summed E-state index contributed by atoms with van der Waals surface area (Å²) in [6, 6.07) is 4.75. The molecule has 1 unspecified atom stereocenters. The Labute approximate surface area is 114 Å². The third-order valence-electron chi connectivity index (χ3n) is 3.50. The third-order valence-corrected chi connectivity index (χ3v) is 3.50. The Bertz CT molecular complexity index is 548. The maximum atomic E-state index is 5.11. The number of aryl methyl sites for hydroxylation is 2. The van der Waals surface area contributed by atoms with E-state index in [0.29, 0.717) is 6.04 Å². The van der Waals surface area contributed by atoms with Gasteiger partial charge in [0.05, 0.1) is 24.0 Å². The Balaban J connectivity index is 2.03. The summed E-state index contributed by atoms with van der Waals surface area (Å²) in [6.45, 7) is 8.98. The number of rotatable bonds is 6. The van der Waals surface area contributed by atoms with Crippen LogP contribution in [0.15, 0.2) is 18.5 Å². The highest BCUT2D eigenvalue weighted by Gasteiger charge is 2.05. The molecule has 0 radical (unpaired) electrons. The zero-order valence-electron chi connectivity index (χ0n) is 12.2. The summed E-state index contributed by atoms with van der Waals surface area (Å²) in [6.07, 6.45) is 1.92. The molecule has 1 atom stereocenters. The molecule has 0 saturated carbocycles. The molecule has 0 fully saturated rings. The number of imidazole rings is 1. The second-order valence-electron chi connectivity index (χ2n) is 5.17. The highest BCUT2D eigenvalue weighted by molar-refractivity contribution is 5.77. The van der Waals surface area contributed by atoms with Gasteiger partial charge in [0, 0.05) is 26.2 Å². The molecule has 2 rings (SSSR count). The molecular formula is C15H23N3O. The quantitative estimate of drug-likeness (QED) is 0.867. The van der Waals surface area contributed by atoms with Crippen LogP contribution in [0.1, 0.15) is 18.1 Å². The van der Waals surface area contributed by atoms with Gasteiger partial charge in [-0.3, -0.25) is 0 Å². The number of aromatic nitrogens is 2. The largest absolute Gasteiger partial charge is 0.383 e. The molecule has 1 aromatic carbocycles. The van der Waals surface area contributed by atoms with E-state index in [4.69, 9.17) is 4.74 Å². The van der Waals surface area contributed by atoms with Crippen molar-refractivity contribution in [3.05, 3.63) is 29.6 Å². The first kappa shape index (κ1) is 14.0. The van der Waals surface area contributed by atoms with Crippen LogP contribution in [0.4, 0.5) is 0 Å². The SMILES string of the molecule is COCC(C)NCCn1cnc2cc(C)c(C)cc21. The molecule has 1 heterocycles. The fraction of sp³-hybridized carbons (Fsp3) is 0.533. The summed E-state index contributed by atoms with van der Waals surface area (Å²) in [7, 11) is 1.73. The van der Waals surface area contributed by atoms with Crippen LogP contribution in [0.3, 0.4) is 0 Å². The van der Waals surface area contributed by atoms with Gasteiger partial charge >= 0.3 is 0 Å². The Hall–Kier alpha value is -1.39. The van der Waals surface area contributed by atoms with Crippen LogP contribution in [0.2, 0.25) is 0 Å². The molecule has 0 bridgehead atoms. The van der Waals surface area contributed by atoms with Crippen LogP contribution in [0, 0.1) is 13.8 Å². The average Bonchev–Trinajstić information content (AvgIpc) is 2.73. The minimum Gasteiger partial charge on any atom is -0.383 e. The summed E-state index contributed by atoms with van der Waals surface area (Å²) in [5.41, 5.74) is 4.90. The number of hydrogen-bond acceptors (Lipinski definition) is 3. The topological polar surface area (TPSA) is 39.1 Å². The zero-order chi connectivity index (χ0) is 13.8. The lowest BCUT2D eigenvalue weighted by molar-refractivity contribution is 0.172. The predicted octanol–water partition coefficient (Wildman–Crippen LogP) is 2.28. The van der Waals surface area contributed by atoms with Crippen LogP contribution < -0.4 is 5.32 Å². The van der Waals surface area contributed by atoms with E-state index in [1.165, 1.54) is 16.6 Å². The second-order valence-corrected chi connectivity index (χ2v) is 5.17. The van der Waals surface area contributed by atoms with Gasteiger partial charge in [-0.2, -0.15) is 0 Å². The summed E-state index contributed by atoms with van der Waals surface area (Å²) < 4.78 is 7.31. The molecule has 0 aliphatic heterocycles. The third kappa shape index (κ3) is 3.33. The minimum absolute atomic E-state index is 0.378. The van der Waals surface area contributed by atoms with Crippen molar-refractivity contribution < 1.29 is 4.74 Å². The van der Waals surface area contributed by atoms with Gasteiger partial charge in [-0.25, -0.2) is 4.98 Å². The van der Waals surface area contributed by atoms with Gasteiger partial charge in [-0.1, -0.05) is 0 Å². The normalized spacial score (nSPS) is 13.1. The Morgan fingerprint density at radius 2 is 2.05 bits per heavy atom. The molecule has 104 valence electrons. The lowest BCUT2D eigenvalue weighted by Gasteiger charge is -2.13. The van der Waals surface area contributed by atoms with E-state index in [1.54, 1.807) is 7.11 Å². The maximum Gasteiger partial charge on any atom is 0.0958 e. The van der Waals surface area contributed by atoms with Crippen molar-refractivity contribution in [3.63, 3.8) is 0 Å². The van der Waals surface area contributed by atoms with Crippen LogP contribution in [-0.2, 0) is 11.3 Å². The summed E-state index contributed by atoms with van der Waals surface area (Å²) >= 11 is 0. The van der Waals surface area contributed by atoms with Gasteiger partial charge in [-0.05, 0) is 44.0 Å². The summed E-state index contributed by atoms with van der Waals surface area (Å²) in [5, 5.41) is 3.44. The molecule has 4 nitrogen and oxygen atoms in total. The van der Waals surface area contributed by atoms with E-state index in [2.05, 4.69) is 47.8 Å². The number of fused-ring (bicyclic) bond motifs is 1. The molecule has 0 aliphatic carbocycles. The molecule has 0 aliphatic rings. The van der Waals surface area contributed by atoms with Crippen molar-refractivity contribution in [1.29, 1.82) is 0 Å². The van der Waals surface area contributed by atoms with Crippen LogP contribution in [0.5, 0.6) is 0 Å². The molecular weight excluding hydrogens is 238 g/mol. The molecule has 1 aromatic heterocycles. The first-order chi connectivity index (χ1) is 9.11. The molecule has 0 saturated heterocycles. The first-order valence-corrected chi connectivity index (χ1v) is 6.76. The standard InChI is InChI=1S/C15H23N3O/c1-11-7-14-15(8-12(11)2)18(10-17-14)6-5-16-13(3)9-19-4/h7-8,10,13,16H,5-6,9H2,1-4H3. The van der Waals surface area contributed by atoms with E-state index in [-0.39, 0.29) is 0 Å². The lowest BCUT2D eigenvalue weighted by Crippen LogP contribution is -2.32. The molecule has 1 N–H and O–H groups in total. The van der Waals surface area contributed by atoms with Crippen LogP contribution in [-0.4, -0.2) is 35.9 Å². The molecule has 19 heavy (non-hydrogen) atoms. The van der Waals surface area contributed by atoms with Gasteiger partial charge in [0.25, 0.3) is 0 Å². The van der Waals surface area contributed by atoms with Crippen LogP contribution in [0.25, 0.3) is 11.0 Å². The van der Waals surface area contributed by atoms with Crippen molar-refractivity contribution >= 4 is 11.0 Å².